The predicted molar refractivity (Wildman–Crippen MR) is 118 cm³/mol. The van der Waals surface area contributed by atoms with Crippen LogP contribution < -0.4 is 9.47 Å². The van der Waals surface area contributed by atoms with Gasteiger partial charge in [-0.2, -0.15) is 0 Å². The molecule has 154 valence electrons. The van der Waals surface area contributed by atoms with Gasteiger partial charge in [-0.15, -0.1) is 11.6 Å². The van der Waals surface area contributed by atoms with Crippen LogP contribution in [0.3, 0.4) is 0 Å². The topological polar surface area (TPSA) is 47.9 Å². The van der Waals surface area contributed by atoms with Gasteiger partial charge in [-0.1, -0.05) is 38.1 Å². The normalized spacial score (nSPS) is 13.8. The van der Waals surface area contributed by atoms with Gasteiger partial charge in [-0.3, -0.25) is 0 Å². The van der Waals surface area contributed by atoms with Crippen LogP contribution in [0.5, 0.6) is 11.5 Å². The van der Waals surface area contributed by atoms with Crippen LogP contribution >= 0.6 is 34.6 Å². The summed E-state index contributed by atoms with van der Waals surface area (Å²) in [7, 11) is 0. The first kappa shape index (κ1) is 23.2. The summed E-state index contributed by atoms with van der Waals surface area (Å²) < 4.78 is 29.2. The molecule has 0 aromatic heterocycles. The molecule has 0 saturated heterocycles. The molecule has 7 heteroatoms. The lowest BCUT2D eigenvalue weighted by atomic mass is 9.78. The van der Waals surface area contributed by atoms with Crippen LogP contribution in [0.25, 0.3) is 0 Å². The first-order chi connectivity index (χ1) is 13.4. The molecule has 0 bridgehead atoms. The molecule has 0 aliphatic rings. The molecular weight excluding hydrogens is 498 g/mol. The maximum atomic E-state index is 13.4. The van der Waals surface area contributed by atoms with Crippen molar-refractivity contribution in [2.24, 2.45) is 0 Å². The SMILES string of the molecule is CC(C)(c1ccc(OC[C@@H](O)CCl)cc1)c1ccc(OC[C@@H](F)COI)cc1. The zero-order chi connectivity index (χ0) is 20.6. The standard InChI is InChI=1S/C21H25ClFIO4/c1-21(2,16-5-9-20(10-6-16)27-14-18(25)11-22)15-3-7-19(8-4-15)26-12-17(23)13-28-24/h3-10,17-18,25H,11-14H2,1-2H3/t17-,18+/m1/s1. The van der Waals surface area contributed by atoms with E-state index in [2.05, 4.69) is 13.8 Å². The zero-order valence-corrected chi connectivity index (χ0v) is 18.8. The number of aliphatic hydroxyl groups is 1. The van der Waals surface area contributed by atoms with E-state index in [1.54, 1.807) is 23.0 Å². The summed E-state index contributed by atoms with van der Waals surface area (Å²) in [6.45, 7) is 4.40. The Bertz CT molecular complexity index is 709. The van der Waals surface area contributed by atoms with Crippen LogP contribution in [0.1, 0.15) is 25.0 Å². The van der Waals surface area contributed by atoms with Gasteiger partial charge in [0.1, 0.15) is 53.8 Å². The second-order valence-electron chi connectivity index (χ2n) is 6.98. The molecule has 0 fully saturated rings. The van der Waals surface area contributed by atoms with E-state index < -0.39 is 12.3 Å². The number of ether oxygens (including phenoxy) is 2. The minimum atomic E-state index is -1.15. The van der Waals surface area contributed by atoms with Crippen molar-refractivity contribution in [3.05, 3.63) is 59.7 Å². The quantitative estimate of drug-likeness (QED) is 0.331. The zero-order valence-electron chi connectivity index (χ0n) is 15.9. The highest BCUT2D eigenvalue weighted by atomic mass is 127. The summed E-state index contributed by atoms with van der Waals surface area (Å²) in [6.07, 6.45) is -1.83. The van der Waals surface area contributed by atoms with Gasteiger partial charge in [0, 0.05) is 5.41 Å². The molecule has 0 aliphatic heterocycles. The number of benzene rings is 2. The molecule has 0 unspecified atom stereocenters. The Morgan fingerprint density at radius 1 is 0.929 bits per heavy atom. The molecule has 0 aliphatic carbocycles. The molecule has 0 spiro atoms. The Hall–Kier alpha value is -1.09. The highest BCUT2D eigenvalue weighted by molar-refractivity contribution is 14.1. The molecule has 0 amide bonds. The Kier molecular flexibility index (Phi) is 9.27. The van der Waals surface area contributed by atoms with Crippen LogP contribution in [0, 0.1) is 0 Å². The third-order valence-corrected chi connectivity index (χ3v) is 5.16. The van der Waals surface area contributed by atoms with E-state index in [0.29, 0.717) is 11.5 Å². The fourth-order valence-electron chi connectivity index (χ4n) is 2.64. The lowest BCUT2D eigenvalue weighted by Crippen LogP contribution is -2.20. The third-order valence-electron chi connectivity index (χ3n) is 4.45. The van der Waals surface area contributed by atoms with Crippen molar-refractivity contribution in [3.8, 4) is 11.5 Å². The van der Waals surface area contributed by atoms with Gasteiger partial charge in [0.2, 0.25) is 0 Å². The largest absolute Gasteiger partial charge is 0.491 e. The van der Waals surface area contributed by atoms with Crippen molar-refractivity contribution in [1.29, 1.82) is 0 Å². The number of aliphatic hydroxyl groups excluding tert-OH is 1. The molecule has 0 radical (unpaired) electrons. The van der Waals surface area contributed by atoms with E-state index in [-0.39, 0.29) is 31.1 Å². The molecule has 0 saturated carbocycles. The van der Waals surface area contributed by atoms with Crippen LogP contribution in [0.15, 0.2) is 48.5 Å². The number of halogens is 3. The number of rotatable bonds is 11. The van der Waals surface area contributed by atoms with E-state index in [4.69, 9.17) is 24.1 Å². The van der Waals surface area contributed by atoms with E-state index in [1.165, 1.54) is 0 Å². The van der Waals surface area contributed by atoms with Gasteiger partial charge >= 0.3 is 0 Å². The Labute approximate surface area is 184 Å². The second kappa shape index (κ2) is 11.2. The van der Waals surface area contributed by atoms with Crippen LogP contribution in [0.4, 0.5) is 4.39 Å². The molecule has 2 rings (SSSR count). The summed E-state index contributed by atoms with van der Waals surface area (Å²) in [4.78, 5) is 0. The molecule has 2 atom stereocenters. The molecule has 2 aromatic carbocycles. The van der Waals surface area contributed by atoms with Crippen molar-refractivity contribution >= 4 is 34.6 Å². The van der Waals surface area contributed by atoms with Crippen molar-refractivity contribution < 1.29 is 22.0 Å². The predicted octanol–water partition coefficient (Wildman–Crippen LogP) is 5.07. The van der Waals surface area contributed by atoms with Crippen molar-refractivity contribution in [1.82, 2.24) is 0 Å². The lowest BCUT2D eigenvalue weighted by molar-refractivity contribution is 0.125. The smallest absolute Gasteiger partial charge is 0.158 e. The maximum Gasteiger partial charge on any atom is 0.158 e. The Balaban J connectivity index is 2.01. The fraction of sp³-hybridized carbons (Fsp3) is 0.429. The molecule has 4 nitrogen and oxygen atoms in total. The van der Waals surface area contributed by atoms with Crippen molar-refractivity contribution in [2.75, 3.05) is 25.7 Å². The Morgan fingerprint density at radius 3 is 1.82 bits per heavy atom. The van der Waals surface area contributed by atoms with E-state index in [0.717, 1.165) is 11.1 Å². The maximum absolute atomic E-state index is 13.4. The average molecular weight is 523 g/mol. The van der Waals surface area contributed by atoms with Gasteiger partial charge < -0.3 is 17.6 Å². The first-order valence-electron chi connectivity index (χ1n) is 8.95. The molecular formula is C21H25ClFIO4. The molecule has 0 heterocycles. The first-order valence-corrected chi connectivity index (χ1v) is 10.4. The fourth-order valence-corrected chi connectivity index (χ4v) is 3.12. The number of hydrogen-bond acceptors (Lipinski definition) is 4. The Morgan fingerprint density at radius 2 is 1.39 bits per heavy atom. The van der Waals surface area contributed by atoms with E-state index in [9.17, 15) is 9.50 Å². The van der Waals surface area contributed by atoms with Gasteiger partial charge in [0.15, 0.2) is 6.17 Å². The van der Waals surface area contributed by atoms with E-state index >= 15 is 0 Å². The van der Waals surface area contributed by atoms with Crippen LogP contribution in [-0.4, -0.2) is 43.1 Å². The highest BCUT2D eigenvalue weighted by Crippen LogP contribution is 2.33. The minimum absolute atomic E-state index is 0.0101. The van der Waals surface area contributed by atoms with Gasteiger partial charge in [-0.05, 0) is 35.4 Å². The minimum Gasteiger partial charge on any atom is -0.491 e. The van der Waals surface area contributed by atoms with Gasteiger partial charge in [-0.25, -0.2) is 4.39 Å². The molecule has 2 aromatic rings. The molecule has 1 N–H and O–H groups in total. The van der Waals surface area contributed by atoms with Crippen molar-refractivity contribution in [2.45, 2.75) is 31.5 Å². The van der Waals surface area contributed by atoms with E-state index in [1.807, 2.05) is 48.5 Å². The van der Waals surface area contributed by atoms with Gasteiger partial charge in [0.05, 0.1) is 12.5 Å². The average Bonchev–Trinajstić information content (AvgIpc) is 2.71. The third kappa shape index (κ3) is 6.76. The van der Waals surface area contributed by atoms with Crippen LogP contribution in [0.2, 0.25) is 0 Å². The van der Waals surface area contributed by atoms with Crippen LogP contribution in [-0.2, 0) is 8.48 Å². The highest BCUT2D eigenvalue weighted by Gasteiger charge is 2.23. The summed E-state index contributed by atoms with van der Waals surface area (Å²) >= 11 is 7.23. The van der Waals surface area contributed by atoms with Crippen molar-refractivity contribution in [3.63, 3.8) is 0 Å². The van der Waals surface area contributed by atoms with Gasteiger partial charge in [0.25, 0.3) is 0 Å². The summed E-state index contributed by atoms with van der Waals surface area (Å²) in [5, 5.41) is 9.47. The summed E-state index contributed by atoms with van der Waals surface area (Å²) in [5.41, 5.74) is 2.00. The lowest BCUT2D eigenvalue weighted by Gasteiger charge is -2.26. The second-order valence-corrected chi connectivity index (χ2v) is 7.91. The molecule has 28 heavy (non-hydrogen) atoms. The number of alkyl halides is 2. The summed E-state index contributed by atoms with van der Waals surface area (Å²) in [6, 6.07) is 15.4. The summed E-state index contributed by atoms with van der Waals surface area (Å²) in [5.74, 6) is 1.45. The number of hydrogen-bond donors (Lipinski definition) is 1. The monoisotopic (exact) mass is 522 g/mol.